The van der Waals surface area contributed by atoms with Crippen molar-refractivity contribution in [1.29, 1.82) is 0 Å². The van der Waals surface area contributed by atoms with Gasteiger partial charge in [-0.3, -0.25) is 9.52 Å². The zero-order valence-electron chi connectivity index (χ0n) is 18.6. The predicted octanol–water partition coefficient (Wildman–Crippen LogP) is 5.07. The molecule has 0 saturated heterocycles. The molecule has 11 heteroatoms. The third kappa shape index (κ3) is 5.96. The van der Waals surface area contributed by atoms with Crippen molar-refractivity contribution in [2.24, 2.45) is 4.99 Å². The second kappa shape index (κ2) is 10.7. The van der Waals surface area contributed by atoms with Gasteiger partial charge >= 0.3 is 0 Å². The molecule has 7 nitrogen and oxygen atoms in total. The largest absolute Gasteiger partial charge is 0.380 e. The number of fused-ring (bicyclic) bond motifs is 1. The molecule has 4 aromatic rings. The Bertz CT molecular complexity index is 1530. The fourth-order valence-corrected chi connectivity index (χ4v) is 5.70. The number of sulfonamides is 1. The van der Waals surface area contributed by atoms with Gasteiger partial charge in [0.15, 0.2) is 4.80 Å². The predicted molar refractivity (Wildman–Crippen MR) is 135 cm³/mol. The number of nitrogens with one attached hydrogen (secondary N) is 1. The Morgan fingerprint density at radius 1 is 1.11 bits per heavy atom. The summed E-state index contributed by atoms with van der Waals surface area (Å²) in [6.07, 6.45) is 0. The smallest absolute Gasteiger partial charge is 0.279 e. The number of thiazole rings is 1. The minimum atomic E-state index is -3.90. The van der Waals surface area contributed by atoms with Crippen molar-refractivity contribution in [2.75, 3.05) is 17.9 Å². The third-order valence-electron chi connectivity index (χ3n) is 5.01. The molecule has 0 spiro atoms. The lowest BCUT2D eigenvalue weighted by molar-refractivity contribution is 0.0996. The monoisotopic (exact) mass is 533 g/mol. The van der Waals surface area contributed by atoms with Crippen LogP contribution in [0, 0.1) is 5.82 Å². The van der Waals surface area contributed by atoms with Gasteiger partial charge in [0.1, 0.15) is 5.82 Å². The van der Waals surface area contributed by atoms with Crippen LogP contribution in [0.15, 0.2) is 76.6 Å². The van der Waals surface area contributed by atoms with Crippen molar-refractivity contribution < 1.29 is 22.3 Å². The Hall–Kier alpha value is -3.05. The molecule has 4 rings (SSSR count). The summed E-state index contributed by atoms with van der Waals surface area (Å²) in [7, 11) is -3.90. The van der Waals surface area contributed by atoms with Crippen LogP contribution in [0.1, 0.15) is 17.3 Å². The Morgan fingerprint density at radius 3 is 2.51 bits per heavy atom. The molecule has 1 N–H and O–H groups in total. The zero-order chi connectivity index (χ0) is 25.0. The molecule has 0 aliphatic carbocycles. The molecule has 35 heavy (non-hydrogen) atoms. The second-order valence-electron chi connectivity index (χ2n) is 7.40. The van der Waals surface area contributed by atoms with Crippen molar-refractivity contribution in [1.82, 2.24) is 4.57 Å². The van der Waals surface area contributed by atoms with Crippen molar-refractivity contribution in [2.45, 2.75) is 18.4 Å². The first-order valence-corrected chi connectivity index (χ1v) is 13.3. The highest BCUT2D eigenvalue weighted by atomic mass is 35.5. The molecule has 0 radical (unpaired) electrons. The lowest BCUT2D eigenvalue weighted by Crippen LogP contribution is -2.19. The van der Waals surface area contributed by atoms with Crippen molar-refractivity contribution in [3.05, 3.63) is 87.9 Å². The van der Waals surface area contributed by atoms with Gasteiger partial charge in [-0.25, -0.2) is 12.8 Å². The first-order chi connectivity index (χ1) is 16.8. The van der Waals surface area contributed by atoms with Crippen LogP contribution in [0.4, 0.5) is 10.1 Å². The van der Waals surface area contributed by atoms with Crippen LogP contribution in [0.5, 0.6) is 0 Å². The van der Waals surface area contributed by atoms with E-state index in [4.69, 9.17) is 16.3 Å². The SMILES string of the molecule is CCOCCn1c(=NC(=O)c2ccc(NS(=O)(=O)c3ccc(F)cc3)cc2)sc2cc(Cl)ccc21. The average Bonchev–Trinajstić information content (AvgIpc) is 3.15. The van der Waals surface area contributed by atoms with Gasteiger partial charge in [-0.1, -0.05) is 22.9 Å². The van der Waals surface area contributed by atoms with E-state index in [0.717, 1.165) is 22.3 Å². The maximum Gasteiger partial charge on any atom is 0.279 e. The van der Waals surface area contributed by atoms with Crippen LogP contribution in [-0.2, 0) is 21.3 Å². The first-order valence-electron chi connectivity index (χ1n) is 10.6. The van der Waals surface area contributed by atoms with Gasteiger partial charge in [0.25, 0.3) is 15.9 Å². The molecule has 0 fully saturated rings. The average molecular weight is 534 g/mol. The minimum absolute atomic E-state index is 0.0736. The Balaban J connectivity index is 1.58. The van der Waals surface area contributed by atoms with Gasteiger partial charge in [-0.05, 0) is 73.7 Å². The van der Waals surface area contributed by atoms with Crippen LogP contribution in [0.3, 0.4) is 0 Å². The first kappa shape index (κ1) is 25.1. The van der Waals surface area contributed by atoms with Crippen LogP contribution < -0.4 is 9.52 Å². The number of anilines is 1. The number of benzene rings is 3. The topological polar surface area (TPSA) is 89.8 Å². The van der Waals surface area contributed by atoms with Gasteiger partial charge in [0.2, 0.25) is 0 Å². The van der Waals surface area contributed by atoms with Crippen LogP contribution in [-0.4, -0.2) is 32.1 Å². The number of aromatic nitrogens is 1. The molecule has 1 aromatic heterocycles. The highest BCUT2D eigenvalue weighted by Crippen LogP contribution is 2.22. The minimum Gasteiger partial charge on any atom is -0.380 e. The third-order valence-corrected chi connectivity index (χ3v) is 7.69. The van der Waals surface area contributed by atoms with Gasteiger partial charge in [-0.15, -0.1) is 0 Å². The number of ether oxygens (including phenoxy) is 1. The molecule has 0 bridgehead atoms. The molecule has 182 valence electrons. The molecule has 0 aliphatic rings. The number of nitrogens with zero attached hydrogens (tertiary/aromatic N) is 2. The Labute approximate surface area is 210 Å². The molecule has 0 unspecified atom stereocenters. The fourth-order valence-electron chi connectivity index (χ4n) is 3.31. The van der Waals surface area contributed by atoms with Crippen molar-refractivity contribution in [3.63, 3.8) is 0 Å². The van der Waals surface area contributed by atoms with Crippen molar-refractivity contribution >= 4 is 54.8 Å². The normalized spacial score (nSPS) is 12.3. The quantitative estimate of drug-likeness (QED) is 0.320. The van der Waals surface area contributed by atoms with Gasteiger partial charge in [0, 0.05) is 29.4 Å². The van der Waals surface area contributed by atoms with E-state index in [9.17, 15) is 17.6 Å². The van der Waals surface area contributed by atoms with Crippen LogP contribution >= 0.6 is 22.9 Å². The number of amides is 1. The number of hydrogen-bond acceptors (Lipinski definition) is 5. The van der Waals surface area contributed by atoms with Gasteiger partial charge < -0.3 is 9.30 Å². The Kier molecular flexibility index (Phi) is 7.66. The molecule has 1 amide bonds. The number of rotatable bonds is 8. The van der Waals surface area contributed by atoms with E-state index in [1.54, 1.807) is 6.07 Å². The molecular formula is C24H21ClFN3O4S2. The molecule has 0 atom stereocenters. The summed E-state index contributed by atoms with van der Waals surface area (Å²) in [5, 5.41) is 0.590. The highest BCUT2D eigenvalue weighted by molar-refractivity contribution is 7.92. The van der Waals surface area contributed by atoms with Gasteiger partial charge in [-0.2, -0.15) is 4.99 Å². The molecule has 3 aromatic carbocycles. The summed E-state index contributed by atoms with van der Waals surface area (Å²) in [6.45, 7) is 3.48. The number of carbonyl (C=O) groups excluding carboxylic acids is 1. The summed E-state index contributed by atoms with van der Waals surface area (Å²) >= 11 is 7.47. The number of hydrogen-bond donors (Lipinski definition) is 1. The molecular weight excluding hydrogens is 513 g/mol. The highest BCUT2D eigenvalue weighted by Gasteiger charge is 2.15. The summed E-state index contributed by atoms with van der Waals surface area (Å²) < 4.78 is 48.8. The molecule has 0 saturated carbocycles. The second-order valence-corrected chi connectivity index (χ2v) is 10.5. The summed E-state index contributed by atoms with van der Waals surface area (Å²) in [5.74, 6) is -1.00. The van der Waals surface area contributed by atoms with Crippen molar-refractivity contribution in [3.8, 4) is 0 Å². The summed E-state index contributed by atoms with van der Waals surface area (Å²) in [6, 6.07) is 15.9. The number of halogens is 2. The van der Waals surface area contributed by atoms with E-state index in [2.05, 4.69) is 9.71 Å². The summed E-state index contributed by atoms with van der Waals surface area (Å²) in [5.41, 5.74) is 1.45. The molecule has 1 heterocycles. The maximum atomic E-state index is 13.1. The zero-order valence-corrected chi connectivity index (χ0v) is 21.0. The molecule has 0 aliphatic heterocycles. The number of carbonyl (C=O) groups is 1. The lowest BCUT2D eigenvalue weighted by Gasteiger charge is -2.08. The van der Waals surface area contributed by atoms with E-state index in [0.29, 0.717) is 35.1 Å². The Morgan fingerprint density at radius 2 is 1.83 bits per heavy atom. The van der Waals surface area contributed by atoms with Crippen LogP contribution in [0.2, 0.25) is 5.02 Å². The van der Waals surface area contributed by atoms with E-state index in [-0.39, 0.29) is 10.6 Å². The van der Waals surface area contributed by atoms with Crippen LogP contribution in [0.25, 0.3) is 10.2 Å². The lowest BCUT2D eigenvalue weighted by atomic mass is 10.2. The van der Waals surface area contributed by atoms with E-state index < -0.39 is 21.7 Å². The van der Waals surface area contributed by atoms with E-state index in [1.807, 2.05) is 23.6 Å². The van der Waals surface area contributed by atoms with E-state index in [1.165, 1.54) is 47.7 Å². The summed E-state index contributed by atoms with van der Waals surface area (Å²) in [4.78, 5) is 17.6. The maximum absolute atomic E-state index is 13.1. The van der Waals surface area contributed by atoms with Gasteiger partial charge in [0.05, 0.1) is 21.7 Å². The van der Waals surface area contributed by atoms with E-state index >= 15 is 0 Å². The fraction of sp³-hybridized carbons (Fsp3) is 0.167. The standard InChI is InChI=1S/C24H21ClFN3O4S2/c1-2-33-14-13-29-21-12-5-17(25)15-22(21)34-24(29)27-23(30)16-3-8-19(9-4-16)28-35(31,32)20-10-6-18(26)7-11-20/h3-12,15,28H,2,13-14H2,1H3.